The van der Waals surface area contributed by atoms with Gasteiger partial charge in [0.2, 0.25) is 5.91 Å². The molecule has 3 atom stereocenters. The molecule has 3 aromatic carbocycles. The molecule has 3 unspecified atom stereocenters. The fraction of sp³-hybridized carbons (Fsp3) is 0.344. The van der Waals surface area contributed by atoms with Gasteiger partial charge >= 0.3 is 5.97 Å². The molecular weight excluding hydrogens is 576 g/mol. The van der Waals surface area contributed by atoms with Crippen molar-refractivity contribution in [2.24, 2.45) is 0 Å². The summed E-state index contributed by atoms with van der Waals surface area (Å²) in [4.78, 5) is 42.0. The van der Waals surface area contributed by atoms with Gasteiger partial charge < -0.3 is 10.1 Å². The second kappa shape index (κ2) is 11.6. The second-order valence-corrected chi connectivity index (χ2v) is 13.6. The number of nitrogens with one attached hydrogen (secondary N) is 1. The quantitative estimate of drug-likeness (QED) is 0.307. The van der Waals surface area contributed by atoms with Crippen LogP contribution in [0.2, 0.25) is 5.02 Å². The fourth-order valence-corrected chi connectivity index (χ4v) is 6.85. The van der Waals surface area contributed by atoms with E-state index in [4.69, 9.17) is 16.3 Å². The molecule has 2 aliphatic heterocycles. The Labute approximate surface area is 250 Å². The summed E-state index contributed by atoms with van der Waals surface area (Å²) in [5, 5.41) is 3.29. The maximum atomic E-state index is 13.9. The van der Waals surface area contributed by atoms with Crippen molar-refractivity contribution in [1.82, 2.24) is 10.2 Å². The lowest BCUT2D eigenvalue weighted by atomic mass is 9.81. The van der Waals surface area contributed by atoms with Crippen LogP contribution in [-0.4, -0.2) is 62.5 Å². The van der Waals surface area contributed by atoms with Crippen molar-refractivity contribution in [2.75, 3.05) is 25.9 Å². The van der Waals surface area contributed by atoms with Gasteiger partial charge in [-0.05, 0) is 79.8 Å². The maximum absolute atomic E-state index is 13.9. The highest BCUT2D eigenvalue weighted by atomic mass is 35.5. The van der Waals surface area contributed by atoms with Gasteiger partial charge in [0.25, 0.3) is 0 Å². The van der Waals surface area contributed by atoms with E-state index in [1.54, 1.807) is 37.3 Å². The molecule has 0 aliphatic carbocycles. The number of amides is 1. The van der Waals surface area contributed by atoms with Crippen LogP contribution in [0.25, 0.3) is 11.1 Å². The number of sulfone groups is 1. The molecule has 0 radical (unpaired) electrons. The minimum Gasteiger partial charge on any atom is -0.449 e. The Morgan fingerprint density at radius 2 is 1.86 bits per heavy atom. The van der Waals surface area contributed by atoms with Crippen LogP contribution >= 0.6 is 11.6 Å². The van der Waals surface area contributed by atoms with Gasteiger partial charge in [-0.2, -0.15) is 0 Å². The van der Waals surface area contributed by atoms with Crippen molar-refractivity contribution in [3.63, 3.8) is 0 Å². The van der Waals surface area contributed by atoms with Crippen LogP contribution in [0.1, 0.15) is 48.4 Å². The second-order valence-electron chi connectivity index (χ2n) is 11.2. The Morgan fingerprint density at radius 3 is 2.57 bits per heavy atom. The SMILES string of the molecule is Cc1cc(-c2cccc(S(C)(=O)=O)c2)c(Cl)cc1C1C(=O)OC2(CCCN(CC(=O)NC(C)c3ccccc3)C2)C1=O. The zero-order valence-corrected chi connectivity index (χ0v) is 25.3. The van der Waals surface area contributed by atoms with Crippen LogP contribution in [0, 0.1) is 6.92 Å². The summed E-state index contributed by atoms with van der Waals surface area (Å²) in [6, 6.07) is 19.3. The lowest BCUT2D eigenvalue weighted by molar-refractivity contribution is -0.157. The number of ketones is 1. The number of hydrogen-bond acceptors (Lipinski definition) is 7. The number of Topliss-reactive ketones (excluding diaryl/α,β-unsaturated/α-hetero) is 1. The minimum atomic E-state index is -3.42. The van der Waals surface area contributed by atoms with Crippen LogP contribution < -0.4 is 5.32 Å². The molecule has 5 rings (SSSR count). The van der Waals surface area contributed by atoms with Gasteiger partial charge in [0.15, 0.2) is 21.2 Å². The zero-order valence-electron chi connectivity index (χ0n) is 23.7. The van der Waals surface area contributed by atoms with Gasteiger partial charge in [0.1, 0.15) is 5.92 Å². The number of hydrogen-bond donors (Lipinski definition) is 1. The molecule has 0 aromatic heterocycles. The summed E-state index contributed by atoms with van der Waals surface area (Å²) >= 11 is 6.65. The molecule has 0 bridgehead atoms. The standard InChI is InChI=1S/C32H33ClN2O6S/c1-20-15-26(23-11-7-12-24(16-23)42(3,39)40)27(33)17-25(20)29-30(37)32(41-31(29)38)13-8-14-35(19-32)18-28(36)34-21(2)22-9-5-4-6-10-22/h4-7,9-12,15-17,21,29H,8,13-14,18-19H2,1-3H3,(H,34,36). The molecule has 220 valence electrons. The maximum Gasteiger partial charge on any atom is 0.322 e. The number of carbonyl (C=O) groups is 3. The largest absolute Gasteiger partial charge is 0.449 e. The predicted octanol–water partition coefficient (Wildman–Crippen LogP) is 4.64. The summed E-state index contributed by atoms with van der Waals surface area (Å²) in [5.74, 6) is -2.27. The molecule has 2 aliphatic rings. The first kappa shape index (κ1) is 29.9. The topological polar surface area (TPSA) is 110 Å². The van der Waals surface area contributed by atoms with Crippen LogP contribution in [0.15, 0.2) is 71.6 Å². The number of ether oxygens (including phenoxy) is 1. The smallest absolute Gasteiger partial charge is 0.322 e. The predicted molar refractivity (Wildman–Crippen MR) is 160 cm³/mol. The number of nitrogens with zero attached hydrogens (tertiary/aromatic N) is 1. The van der Waals surface area contributed by atoms with Crippen LogP contribution in [-0.2, 0) is 29.0 Å². The van der Waals surface area contributed by atoms with E-state index in [1.165, 1.54) is 6.07 Å². The number of likely N-dealkylation sites (tertiary alicyclic amines) is 1. The van der Waals surface area contributed by atoms with Crippen LogP contribution in [0.4, 0.5) is 0 Å². The first-order valence-electron chi connectivity index (χ1n) is 13.8. The zero-order chi connectivity index (χ0) is 30.2. The van der Waals surface area contributed by atoms with Gasteiger partial charge in [-0.1, -0.05) is 54.1 Å². The number of carbonyl (C=O) groups excluding carboxylic acids is 3. The van der Waals surface area contributed by atoms with Crippen LogP contribution in [0.3, 0.4) is 0 Å². The number of halogens is 1. The number of piperidine rings is 1. The average Bonchev–Trinajstić information content (AvgIpc) is 3.17. The molecule has 8 nitrogen and oxygen atoms in total. The van der Waals surface area contributed by atoms with Crippen LogP contribution in [0.5, 0.6) is 0 Å². The van der Waals surface area contributed by atoms with Crippen molar-refractivity contribution in [2.45, 2.75) is 49.1 Å². The Morgan fingerprint density at radius 1 is 1.12 bits per heavy atom. The van der Waals surface area contributed by atoms with Gasteiger partial charge in [0.05, 0.1) is 17.5 Å². The molecule has 2 fully saturated rings. The Bertz CT molecular complexity index is 1660. The van der Waals surface area contributed by atoms with Crippen molar-refractivity contribution >= 4 is 39.1 Å². The summed E-state index contributed by atoms with van der Waals surface area (Å²) in [6.07, 6.45) is 2.12. The molecule has 0 saturated carbocycles. The van der Waals surface area contributed by atoms with E-state index in [9.17, 15) is 22.8 Å². The van der Waals surface area contributed by atoms with Crippen molar-refractivity contribution in [1.29, 1.82) is 0 Å². The minimum absolute atomic E-state index is 0.0838. The molecule has 42 heavy (non-hydrogen) atoms. The van der Waals surface area contributed by atoms with E-state index in [0.717, 1.165) is 11.8 Å². The number of rotatable bonds is 7. The molecular formula is C32H33ClN2O6S. The monoisotopic (exact) mass is 608 g/mol. The molecule has 3 aromatic rings. The van der Waals surface area contributed by atoms with E-state index in [-0.39, 0.29) is 40.7 Å². The Hall–Kier alpha value is -3.53. The third-order valence-electron chi connectivity index (χ3n) is 8.06. The Balaban J connectivity index is 1.33. The fourth-order valence-electron chi connectivity index (χ4n) is 5.91. The van der Waals surface area contributed by atoms with Gasteiger partial charge in [-0.25, -0.2) is 8.42 Å². The molecule has 2 heterocycles. The Kier molecular flexibility index (Phi) is 8.29. The highest BCUT2D eigenvalue weighted by Crippen LogP contribution is 2.43. The van der Waals surface area contributed by atoms with E-state index in [2.05, 4.69) is 5.32 Å². The number of esters is 1. The van der Waals surface area contributed by atoms with Crippen molar-refractivity contribution < 1.29 is 27.5 Å². The van der Waals surface area contributed by atoms with Gasteiger partial charge in [-0.3, -0.25) is 19.3 Å². The highest BCUT2D eigenvalue weighted by Gasteiger charge is 2.57. The van der Waals surface area contributed by atoms with E-state index in [1.807, 2.05) is 42.2 Å². The number of aryl methyl sites for hydroxylation is 1. The molecule has 10 heteroatoms. The molecule has 1 amide bonds. The van der Waals surface area contributed by atoms with Gasteiger partial charge in [-0.15, -0.1) is 0 Å². The summed E-state index contributed by atoms with van der Waals surface area (Å²) in [6.45, 7) is 4.53. The van der Waals surface area contributed by atoms with Gasteiger partial charge in [0, 0.05) is 23.4 Å². The number of benzene rings is 3. The van der Waals surface area contributed by atoms with Crippen molar-refractivity contribution in [3.05, 3.63) is 88.4 Å². The highest BCUT2D eigenvalue weighted by molar-refractivity contribution is 7.90. The lowest BCUT2D eigenvalue weighted by Crippen LogP contribution is -2.54. The summed E-state index contributed by atoms with van der Waals surface area (Å²) in [7, 11) is -3.42. The lowest BCUT2D eigenvalue weighted by Gasteiger charge is -2.37. The molecule has 1 N–H and O–H groups in total. The summed E-state index contributed by atoms with van der Waals surface area (Å²) in [5.41, 5.74) is 1.99. The van der Waals surface area contributed by atoms with E-state index < -0.39 is 27.3 Å². The summed E-state index contributed by atoms with van der Waals surface area (Å²) < 4.78 is 29.9. The molecule has 2 saturated heterocycles. The third-order valence-corrected chi connectivity index (χ3v) is 9.48. The van der Waals surface area contributed by atoms with E-state index >= 15 is 0 Å². The van der Waals surface area contributed by atoms with E-state index in [0.29, 0.717) is 41.6 Å². The first-order chi connectivity index (χ1) is 19.9. The average molecular weight is 609 g/mol. The third kappa shape index (κ3) is 6.00. The first-order valence-corrected chi connectivity index (χ1v) is 16.1. The molecule has 1 spiro atoms. The van der Waals surface area contributed by atoms with Crippen molar-refractivity contribution in [3.8, 4) is 11.1 Å². The normalized spacial score (nSPS) is 21.8.